The molecule has 1 aliphatic carbocycles. The molecule has 0 heterocycles. The number of fused-ring (bicyclic) bond motifs is 1. The highest BCUT2D eigenvalue weighted by Gasteiger charge is 2.37. The SMILES string of the molecule is C=C/C=C1\C(=C/CC)C(C)(C)c2cc(I)ccc21. The molecule has 0 saturated heterocycles. The predicted molar refractivity (Wildman–Crippen MR) is 88.7 cm³/mol. The Hall–Kier alpha value is -0.830. The molecule has 0 aliphatic heterocycles. The van der Waals surface area contributed by atoms with Gasteiger partial charge in [-0.3, -0.25) is 0 Å². The van der Waals surface area contributed by atoms with Gasteiger partial charge in [0.2, 0.25) is 0 Å². The van der Waals surface area contributed by atoms with Gasteiger partial charge < -0.3 is 0 Å². The van der Waals surface area contributed by atoms with Crippen molar-refractivity contribution in [2.45, 2.75) is 32.6 Å². The number of rotatable bonds is 2. The fraction of sp³-hybridized carbons (Fsp3) is 0.294. The van der Waals surface area contributed by atoms with E-state index in [1.807, 2.05) is 6.08 Å². The predicted octanol–water partition coefficient (Wildman–Crippen LogP) is 5.49. The zero-order chi connectivity index (χ0) is 13.3. The zero-order valence-corrected chi connectivity index (χ0v) is 13.4. The van der Waals surface area contributed by atoms with Crippen molar-refractivity contribution in [3.8, 4) is 0 Å². The van der Waals surface area contributed by atoms with Crippen LogP contribution in [0.25, 0.3) is 5.57 Å². The van der Waals surface area contributed by atoms with Crippen molar-refractivity contribution in [3.05, 3.63) is 63.3 Å². The Morgan fingerprint density at radius 2 is 2.06 bits per heavy atom. The molecule has 0 saturated carbocycles. The minimum atomic E-state index is 0.0986. The van der Waals surface area contributed by atoms with E-state index < -0.39 is 0 Å². The first-order valence-corrected chi connectivity index (χ1v) is 7.44. The first kappa shape index (κ1) is 13.6. The summed E-state index contributed by atoms with van der Waals surface area (Å²) in [5.41, 5.74) is 5.66. The Labute approximate surface area is 124 Å². The number of halogens is 1. The highest BCUT2D eigenvalue weighted by atomic mass is 127. The van der Waals surface area contributed by atoms with Crippen LogP contribution >= 0.6 is 22.6 Å². The molecule has 0 amide bonds. The first-order chi connectivity index (χ1) is 8.52. The summed E-state index contributed by atoms with van der Waals surface area (Å²) in [6.45, 7) is 10.7. The molecular formula is C17H19I. The molecule has 1 heteroatoms. The first-order valence-electron chi connectivity index (χ1n) is 6.36. The molecule has 0 fully saturated rings. The third kappa shape index (κ3) is 2.09. The van der Waals surface area contributed by atoms with Crippen molar-refractivity contribution in [1.82, 2.24) is 0 Å². The van der Waals surface area contributed by atoms with E-state index in [2.05, 4.69) is 80.3 Å². The lowest BCUT2D eigenvalue weighted by Gasteiger charge is -2.22. The largest absolute Gasteiger partial charge is 0.0990 e. The minimum absolute atomic E-state index is 0.0986. The summed E-state index contributed by atoms with van der Waals surface area (Å²) in [5, 5.41) is 0. The van der Waals surface area contributed by atoms with Crippen molar-refractivity contribution in [2.24, 2.45) is 0 Å². The van der Waals surface area contributed by atoms with Crippen LogP contribution in [0.15, 0.2) is 48.6 Å². The van der Waals surface area contributed by atoms with Crippen LogP contribution in [-0.2, 0) is 5.41 Å². The fourth-order valence-electron chi connectivity index (χ4n) is 2.76. The lowest BCUT2D eigenvalue weighted by atomic mass is 9.82. The van der Waals surface area contributed by atoms with Crippen molar-refractivity contribution < 1.29 is 0 Å². The van der Waals surface area contributed by atoms with E-state index in [4.69, 9.17) is 0 Å². The van der Waals surface area contributed by atoms with Crippen LogP contribution in [-0.4, -0.2) is 0 Å². The number of hydrogen-bond acceptors (Lipinski definition) is 0. The van der Waals surface area contributed by atoms with Gasteiger partial charge in [0.25, 0.3) is 0 Å². The highest BCUT2D eigenvalue weighted by molar-refractivity contribution is 14.1. The molecule has 18 heavy (non-hydrogen) atoms. The topological polar surface area (TPSA) is 0 Å². The van der Waals surface area contributed by atoms with E-state index in [0.29, 0.717) is 0 Å². The Bertz CT molecular complexity index is 545. The molecule has 0 spiro atoms. The number of benzene rings is 1. The molecule has 1 aliphatic rings. The summed E-state index contributed by atoms with van der Waals surface area (Å²) in [4.78, 5) is 0. The highest BCUT2D eigenvalue weighted by Crippen LogP contribution is 2.50. The molecular weight excluding hydrogens is 331 g/mol. The zero-order valence-electron chi connectivity index (χ0n) is 11.3. The summed E-state index contributed by atoms with van der Waals surface area (Å²) in [7, 11) is 0. The fourth-order valence-corrected chi connectivity index (χ4v) is 3.25. The van der Waals surface area contributed by atoms with Gasteiger partial charge >= 0.3 is 0 Å². The molecule has 0 radical (unpaired) electrons. The average Bonchev–Trinajstić information content (AvgIpc) is 2.52. The van der Waals surface area contributed by atoms with Crippen molar-refractivity contribution >= 4 is 28.2 Å². The van der Waals surface area contributed by atoms with Gasteiger partial charge in [-0.2, -0.15) is 0 Å². The lowest BCUT2D eigenvalue weighted by molar-refractivity contribution is 0.657. The molecule has 0 N–H and O–H groups in total. The lowest BCUT2D eigenvalue weighted by Crippen LogP contribution is -2.15. The van der Waals surface area contributed by atoms with Gasteiger partial charge in [-0.25, -0.2) is 0 Å². The van der Waals surface area contributed by atoms with Crippen LogP contribution in [0, 0.1) is 3.57 Å². The van der Waals surface area contributed by atoms with E-state index in [9.17, 15) is 0 Å². The summed E-state index contributed by atoms with van der Waals surface area (Å²) >= 11 is 2.39. The molecule has 1 aromatic carbocycles. The number of allylic oxidation sites excluding steroid dienone is 5. The Morgan fingerprint density at radius 3 is 2.67 bits per heavy atom. The second-order valence-corrected chi connectivity index (χ2v) is 6.40. The van der Waals surface area contributed by atoms with E-state index in [1.165, 1.54) is 25.8 Å². The molecule has 0 unspecified atom stereocenters. The van der Waals surface area contributed by atoms with E-state index in [-0.39, 0.29) is 5.41 Å². The van der Waals surface area contributed by atoms with Gasteiger partial charge in [-0.1, -0.05) is 51.6 Å². The van der Waals surface area contributed by atoms with Gasteiger partial charge in [0.15, 0.2) is 0 Å². The summed E-state index contributed by atoms with van der Waals surface area (Å²) in [5.74, 6) is 0. The standard InChI is InChI=1S/C17H19I/c1-5-7-13-14-10-9-12(18)11-16(14)17(3,4)15(13)8-6-2/h5,7-11H,1,6H2,2-4H3/b13-7-,15-8+. The maximum atomic E-state index is 3.85. The Kier molecular flexibility index (Phi) is 3.81. The van der Waals surface area contributed by atoms with Gasteiger partial charge in [0, 0.05) is 8.99 Å². The normalized spacial score (nSPS) is 21.3. The second kappa shape index (κ2) is 5.04. The molecule has 0 nitrogen and oxygen atoms in total. The van der Waals surface area contributed by atoms with Gasteiger partial charge in [-0.05, 0) is 63.4 Å². The van der Waals surface area contributed by atoms with Gasteiger partial charge in [0.05, 0.1) is 0 Å². The maximum absolute atomic E-state index is 3.85. The second-order valence-electron chi connectivity index (χ2n) is 5.16. The quantitative estimate of drug-likeness (QED) is 0.619. The minimum Gasteiger partial charge on any atom is -0.0990 e. The molecule has 94 valence electrons. The maximum Gasteiger partial charge on any atom is 0.0156 e. The molecule has 1 aromatic rings. The van der Waals surface area contributed by atoms with Crippen LogP contribution in [0.2, 0.25) is 0 Å². The van der Waals surface area contributed by atoms with Crippen molar-refractivity contribution in [2.75, 3.05) is 0 Å². The number of hydrogen-bond donors (Lipinski definition) is 0. The average molecular weight is 350 g/mol. The van der Waals surface area contributed by atoms with E-state index >= 15 is 0 Å². The van der Waals surface area contributed by atoms with Crippen LogP contribution < -0.4 is 0 Å². The molecule has 0 aromatic heterocycles. The summed E-state index contributed by atoms with van der Waals surface area (Å²) < 4.78 is 1.30. The van der Waals surface area contributed by atoms with Gasteiger partial charge in [0.1, 0.15) is 0 Å². The van der Waals surface area contributed by atoms with Crippen LogP contribution in [0.1, 0.15) is 38.3 Å². The smallest absolute Gasteiger partial charge is 0.0156 e. The third-order valence-corrected chi connectivity index (χ3v) is 4.27. The summed E-state index contributed by atoms with van der Waals surface area (Å²) in [6, 6.07) is 6.73. The molecule has 0 bridgehead atoms. The van der Waals surface area contributed by atoms with E-state index in [0.717, 1.165) is 6.42 Å². The van der Waals surface area contributed by atoms with Crippen molar-refractivity contribution in [3.63, 3.8) is 0 Å². The van der Waals surface area contributed by atoms with Gasteiger partial charge in [-0.15, -0.1) is 0 Å². The molecule has 0 atom stereocenters. The summed E-state index contributed by atoms with van der Waals surface area (Å²) in [6.07, 6.45) is 7.45. The van der Waals surface area contributed by atoms with Crippen molar-refractivity contribution in [1.29, 1.82) is 0 Å². The Morgan fingerprint density at radius 1 is 1.33 bits per heavy atom. The molecule has 2 rings (SSSR count). The third-order valence-electron chi connectivity index (χ3n) is 3.60. The monoisotopic (exact) mass is 350 g/mol. The van der Waals surface area contributed by atoms with Crippen LogP contribution in [0.5, 0.6) is 0 Å². The Balaban J connectivity index is 2.74. The van der Waals surface area contributed by atoms with E-state index in [1.54, 1.807) is 0 Å². The van der Waals surface area contributed by atoms with Crippen LogP contribution in [0.4, 0.5) is 0 Å². The van der Waals surface area contributed by atoms with Crippen LogP contribution in [0.3, 0.4) is 0 Å².